The van der Waals surface area contributed by atoms with Crippen molar-refractivity contribution in [3.05, 3.63) is 59.7 Å². The van der Waals surface area contributed by atoms with Gasteiger partial charge in [0.15, 0.2) is 0 Å². The van der Waals surface area contributed by atoms with Crippen LogP contribution in [0.1, 0.15) is 25.0 Å². The lowest BCUT2D eigenvalue weighted by atomic mass is 9.78. The Hall–Kier alpha value is -2.36. The molecule has 2 heterocycles. The first-order valence-electron chi connectivity index (χ1n) is 12.6. The summed E-state index contributed by atoms with van der Waals surface area (Å²) >= 11 is 0. The molecule has 0 bridgehead atoms. The molecule has 4 rings (SSSR count). The van der Waals surface area contributed by atoms with Gasteiger partial charge < -0.3 is 59.8 Å². The molecule has 0 amide bonds. The van der Waals surface area contributed by atoms with E-state index in [2.05, 4.69) is 0 Å². The molecule has 8 N–H and O–H groups in total. The lowest BCUT2D eigenvalue weighted by molar-refractivity contribution is -0.277. The van der Waals surface area contributed by atoms with Gasteiger partial charge in [0, 0.05) is 5.41 Å². The summed E-state index contributed by atoms with van der Waals surface area (Å²) in [5, 5.41) is 78.9. The van der Waals surface area contributed by atoms with Crippen molar-refractivity contribution >= 4 is 0 Å². The molecule has 0 aromatic heterocycles. The Balaban J connectivity index is 1.42. The lowest BCUT2D eigenvalue weighted by Gasteiger charge is -2.39. The first-order valence-corrected chi connectivity index (χ1v) is 12.6. The summed E-state index contributed by atoms with van der Waals surface area (Å²) in [6.07, 6.45) is -13.7. The lowest BCUT2D eigenvalue weighted by Crippen LogP contribution is -2.60. The van der Waals surface area contributed by atoms with Gasteiger partial charge in [-0.2, -0.15) is 0 Å². The van der Waals surface area contributed by atoms with Crippen LogP contribution in [0.15, 0.2) is 48.5 Å². The SMILES string of the molecule is CC(C)(c1ccc(O[C@@H]2O[C@H](CO)[C@@H](O)[C@H](O)[C@H]2O)cc1)c1ccc(O[C@@H]2O[C@H](CO)[C@@H](O)[C@H](O)[C@H]2O)cc1. The standard InChI is InChI=1S/C27H36O12/c1-27(2,13-3-7-15(8-4-13)36-25-23(34)21(32)19(30)17(11-28)38-25)14-5-9-16(10-6-14)37-26-24(35)22(33)20(31)18(12-29)39-26/h3-10,17-26,28-35H,11-12H2,1-2H3/t17-,18-,19-,20-,21+,22+,23-,24-,25-,26-/m1/s1. The van der Waals surface area contributed by atoms with Gasteiger partial charge in [0.1, 0.15) is 60.3 Å². The first-order chi connectivity index (χ1) is 18.5. The van der Waals surface area contributed by atoms with Gasteiger partial charge in [-0.25, -0.2) is 0 Å². The third-order valence-corrected chi connectivity index (χ3v) is 7.35. The normalized spacial score (nSPS) is 35.4. The van der Waals surface area contributed by atoms with Gasteiger partial charge in [-0.05, 0) is 35.4 Å². The molecule has 12 heteroatoms. The van der Waals surface area contributed by atoms with Crippen LogP contribution in [0.3, 0.4) is 0 Å². The molecule has 0 aliphatic carbocycles. The predicted octanol–water partition coefficient (Wildman–Crippen LogP) is -1.63. The van der Waals surface area contributed by atoms with E-state index in [-0.39, 0.29) is 0 Å². The number of rotatable bonds is 8. The van der Waals surface area contributed by atoms with E-state index in [1.54, 1.807) is 24.3 Å². The van der Waals surface area contributed by atoms with Gasteiger partial charge in [-0.3, -0.25) is 0 Å². The van der Waals surface area contributed by atoms with Crippen LogP contribution in [0.2, 0.25) is 0 Å². The summed E-state index contributed by atoms with van der Waals surface area (Å²) in [5.41, 5.74) is 1.38. The van der Waals surface area contributed by atoms with Crippen LogP contribution in [0.4, 0.5) is 0 Å². The fourth-order valence-corrected chi connectivity index (χ4v) is 4.66. The van der Waals surface area contributed by atoms with Gasteiger partial charge in [-0.1, -0.05) is 38.1 Å². The van der Waals surface area contributed by atoms with Crippen molar-refractivity contribution in [2.75, 3.05) is 13.2 Å². The van der Waals surface area contributed by atoms with E-state index in [0.717, 1.165) is 11.1 Å². The molecule has 0 spiro atoms. The van der Waals surface area contributed by atoms with Crippen LogP contribution in [0.5, 0.6) is 11.5 Å². The van der Waals surface area contributed by atoms with Crippen LogP contribution in [-0.4, -0.2) is 115 Å². The fourth-order valence-electron chi connectivity index (χ4n) is 4.66. The van der Waals surface area contributed by atoms with Gasteiger partial charge >= 0.3 is 0 Å². The number of hydrogen-bond acceptors (Lipinski definition) is 12. The molecule has 2 fully saturated rings. The van der Waals surface area contributed by atoms with E-state index in [1.807, 2.05) is 38.1 Å². The first kappa shape index (κ1) is 29.6. The second kappa shape index (κ2) is 12.0. The quantitative estimate of drug-likeness (QED) is 0.186. The van der Waals surface area contributed by atoms with Crippen LogP contribution >= 0.6 is 0 Å². The monoisotopic (exact) mass is 552 g/mol. The maximum absolute atomic E-state index is 10.2. The highest BCUT2D eigenvalue weighted by molar-refractivity contribution is 5.42. The number of hydrogen-bond donors (Lipinski definition) is 8. The average Bonchev–Trinajstić information content (AvgIpc) is 2.94. The van der Waals surface area contributed by atoms with Gasteiger partial charge in [-0.15, -0.1) is 0 Å². The molecular weight excluding hydrogens is 516 g/mol. The van der Waals surface area contributed by atoms with E-state index in [9.17, 15) is 40.9 Å². The van der Waals surface area contributed by atoms with Crippen molar-refractivity contribution in [3.8, 4) is 11.5 Å². The zero-order valence-corrected chi connectivity index (χ0v) is 21.5. The van der Waals surface area contributed by atoms with Gasteiger partial charge in [0.25, 0.3) is 0 Å². The second-order valence-electron chi connectivity index (χ2n) is 10.3. The summed E-state index contributed by atoms with van der Waals surface area (Å²) < 4.78 is 22.1. The highest BCUT2D eigenvalue weighted by Gasteiger charge is 2.45. The summed E-state index contributed by atoms with van der Waals surface area (Å²) in [7, 11) is 0. The van der Waals surface area contributed by atoms with Crippen LogP contribution < -0.4 is 9.47 Å². The molecule has 39 heavy (non-hydrogen) atoms. The highest BCUT2D eigenvalue weighted by atomic mass is 16.7. The third-order valence-electron chi connectivity index (χ3n) is 7.35. The van der Waals surface area contributed by atoms with E-state index >= 15 is 0 Å². The van der Waals surface area contributed by atoms with Crippen molar-refractivity contribution in [2.45, 2.75) is 80.7 Å². The fraction of sp³-hybridized carbons (Fsp3) is 0.556. The predicted molar refractivity (Wildman–Crippen MR) is 134 cm³/mol. The molecule has 12 nitrogen and oxygen atoms in total. The Bertz CT molecular complexity index is 974. The molecule has 2 saturated heterocycles. The summed E-state index contributed by atoms with van der Waals surface area (Å²) in [6.45, 7) is 2.91. The van der Waals surface area contributed by atoms with Crippen LogP contribution in [0, 0.1) is 0 Å². The van der Waals surface area contributed by atoms with Crippen LogP contribution in [0.25, 0.3) is 0 Å². The molecule has 216 valence electrons. The Morgan fingerprint density at radius 1 is 0.564 bits per heavy atom. The Morgan fingerprint density at radius 3 is 1.21 bits per heavy atom. The summed E-state index contributed by atoms with van der Waals surface area (Å²) in [6, 6.07) is 14.0. The van der Waals surface area contributed by atoms with Gasteiger partial charge in [0.05, 0.1) is 13.2 Å². The minimum Gasteiger partial charge on any atom is -0.462 e. The summed E-state index contributed by atoms with van der Waals surface area (Å²) in [4.78, 5) is 0. The van der Waals surface area contributed by atoms with Crippen molar-refractivity contribution in [3.63, 3.8) is 0 Å². The minimum absolute atomic E-state index is 0.349. The Morgan fingerprint density at radius 2 is 0.897 bits per heavy atom. The van der Waals surface area contributed by atoms with E-state index in [0.29, 0.717) is 11.5 Å². The maximum Gasteiger partial charge on any atom is 0.229 e. The zero-order chi connectivity index (χ0) is 28.5. The van der Waals surface area contributed by atoms with Crippen LogP contribution in [-0.2, 0) is 14.9 Å². The number of aliphatic hydroxyl groups excluding tert-OH is 8. The summed E-state index contributed by atoms with van der Waals surface area (Å²) in [5.74, 6) is 0.698. The smallest absolute Gasteiger partial charge is 0.229 e. The topological polar surface area (TPSA) is 199 Å². The molecule has 2 aliphatic heterocycles. The second-order valence-corrected chi connectivity index (χ2v) is 10.3. The largest absolute Gasteiger partial charge is 0.462 e. The molecule has 0 unspecified atom stereocenters. The molecule has 10 atom stereocenters. The zero-order valence-electron chi connectivity index (χ0n) is 21.5. The van der Waals surface area contributed by atoms with Crippen molar-refractivity contribution < 1.29 is 59.8 Å². The van der Waals surface area contributed by atoms with Crippen molar-refractivity contribution in [1.82, 2.24) is 0 Å². The highest BCUT2D eigenvalue weighted by Crippen LogP contribution is 2.34. The maximum atomic E-state index is 10.2. The third kappa shape index (κ3) is 6.05. The molecule has 2 aromatic rings. The van der Waals surface area contributed by atoms with Crippen molar-refractivity contribution in [2.24, 2.45) is 0 Å². The molecule has 2 aromatic carbocycles. The van der Waals surface area contributed by atoms with Gasteiger partial charge in [0.2, 0.25) is 12.6 Å². The number of ether oxygens (including phenoxy) is 4. The van der Waals surface area contributed by atoms with E-state index in [1.165, 1.54) is 0 Å². The average molecular weight is 553 g/mol. The minimum atomic E-state index is -1.54. The Kier molecular flexibility index (Phi) is 9.13. The molecule has 0 saturated carbocycles. The van der Waals surface area contributed by atoms with E-state index < -0.39 is 80.0 Å². The molecule has 2 aliphatic rings. The number of aliphatic hydroxyl groups is 8. The van der Waals surface area contributed by atoms with E-state index in [4.69, 9.17) is 18.9 Å². The van der Waals surface area contributed by atoms with Crippen molar-refractivity contribution in [1.29, 1.82) is 0 Å². The molecule has 0 radical (unpaired) electrons. The Labute approximate surface area is 225 Å². The number of benzene rings is 2. The molecular formula is C27H36O12.